The van der Waals surface area contributed by atoms with Crippen molar-refractivity contribution in [3.05, 3.63) is 39.9 Å². The summed E-state index contributed by atoms with van der Waals surface area (Å²) in [6, 6.07) is 3.08. The minimum atomic E-state index is -1.28. The number of carboxylic acid groups (broad SMARTS) is 2. The number of hydrogen-bond donors (Lipinski definition) is 2. The second-order valence-electron chi connectivity index (χ2n) is 9.19. The number of pyridine rings is 1. The van der Waals surface area contributed by atoms with Gasteiger partial charge in [-0.2, -0.15) is 0 Å². The summed E-state index contributed by atoms with van der Waals surface area (Å²) in [5.41, 5.74) is 0.159. The topological polar surface area (TPSA) is 146 Å². The highest BCUT2D eigenvalue weighted by molar-refractivity contribution is 5.93. The van der Waals surface area contributed by atoms with E-state index >= 15 is 0 Å². The maximum atomic E-state index is 14.6. The third-order valence-corrected chi connectivity index (χ3v) is 5.33. The van der Waals surface area contributed by atoms with E-state index in [2.05, 4.69) is 5.32 Å². The Bertz CT molecular complexity index is 1080. The van der Waals surface area contributed by atoms with Gasteiger partial charge in [0.2, 0.25) is 5.43 Å². The summed E-state index contributed by atoms with van der Waals surface area (Å²) in [5.74, 6) is -2.76. The van der Waals surface area contributed by atoms with Gasteiger partial charge in [0.05, 0.1) is 38.3 Å². The van der Waals surface area contributed by atoms with Crippen molar-refractivity contribution >= 4 is 28.5 Å². The van der Waals surface area contributed by atoms with Crippen molar-refractivity contribution in [1.82, 2.24) is 9.88 Å². The normalized spacial score (nSPS) is 15.9. The van der Waals surface area contributed by atoms with Gasteiger partial charge in [-0.3, -0.25) is 4.79 Å². The van der Waals surface area contributed by atoms with Gasteiger partial charge in [0.1, 0.15) is 17.9 Å². The first-order chi connectivity index (χ1) is 15.0. The number of rotatable bonds is 5. The van der Waals surface area contributed by atoms with Crippen molar-refractivity contribution < 1.29 is 34.2 Å². The molecule has 0 atom stereocenters. The number of nitrogens with zero attached hydrogens (tertiary/aromatic N) is 3. The first kappa shape index (κ1) is 26.2. The molecule has 1 saturated heterocycles. The molecule has 4 N–H and O–H groups in total. The Morgan fingerprint density at radius 2 is 1.82 bits per heavy atom. The zero-order chi connectivity index (χ0) is 23.6. The summed E-state index contributed by atoms with van der Waals surface area (Å²) >= 11 is 0. The molecule has 0 bridgehead atoms. The minimum Gasteiger partial charge on any atom is -0.544 e. The Hall–Kier alpha value is -3.02. The average Bonchev–Trinajstić information content (AvgIpc) is 3.52. The number of anilines is 1. The quantitative estimate of drug-likeness (QED) is 0.549. The molecule has 1 aliphatic heterocycles. The lowest BCUT2D eigenvalue weighted by Crippen LogP contribution is -2.45. The highest BCUT2D eigenvalue weighted by Gasteiger charge is 2.28. The number of fused-ring (bicyclic) bond motifs is 1. The van der Waals surface area contributed by atoms with E-state index in [1.165, 1.54) is 12.3 Å². The first-order valence-corrected chi connectivity index (χ1v) is 10.6. The van der Waals surface area contributed by atoms with Crippen molar-refractivity contribution in [2.24, 2.45) is 0 Å². The number of quaternary nitrogens is 1. The molecule has 0 radical (unpaired) electrons. The molecule has 1 aromatic heterocycles. The van der Waals surface area contributed by atoms with Crippen LogP contribution in [0.3, 0.4) is 0 Å². The van der Waals surface area contributed by atoms with E-state index in [0.29, 0.717) is 28.8 Å². The maximum absolute atomic E-state index is 14.6. The molecule has 2 fully saturated rings. The van der Waals surface area contributed by atoms with Gasteiger partial charge in [-0.05, 0) is 25.0 Å². The molecule has 10 nitrogen and oxygen atoms in total. The summed E-state index contributed by atoms with van der Waals surface area (Å²) in [4.78, 5) is 35.6. The lowest BCUT2D eigenvalue weighted by atomic mass is 10.1. The lowest BCUT2D eigenvalue weighted by molar-refractivity contribution is -0.864. The van der Waals surface area contributed by atoms with Crippen molar-refractivity contribution in [2.75, 3.05) is 58.8 Å². The molecule has 0 spiro atoms. The van der Waals surface area contributed by atoms with Gasteiger partial charge in [-0.25, -0.2) is 9.18 Å². The minimum absolute atomic E-state index is 0. The highest BCUT2D eigenvalue weighted by atomic mass is 19.1. The summed E-state index contributed by atoms with van der Waals surface area (Å²) < 4.78 is 16.9. The van der Waals surface area contributed by atoms with Crippen LogP contribution in [-0.2, 0) is 4.79 Å². The van der Waals surface area contributed by atoms with Crippen LogP contribution in [0, 0.1) is 5.82 Å². The molecule has 1 aromatic carbocycles. The van der Waals surface area contributed by atoms with E-state index in [1.807, 2.05) is 9.47 Å². The molecule has 2 aromatic rings. The number of aliphatic carboxylic acids is 1. The second kappa shape index (κ2) is 10.3. The molecule has 1 saturated carbocycles. The van der Waals surface area contributed by atoms with Crippen LogP contribution in [-0.4, -0.2) is 85.4 Å². The van der Waals surface area contributed by atoms with Crippen LogP contribution in [0.25, 0.3) is 10.9 Å². The third-order valence-electron chi connectivity index (χ3n) is 5.33. The predicted molar refractivity (Wildman–Crippen MR) is 120 cm³/mol. The van der Waals surface area contributed by atoms with Crippen LogP contribution < -0.4 is 20.8 Å². The fourth-order valence-corrected chi connectivity index (χ4v) is 3.70. The summed E-state index contributed by atoms with van der Waals surface area (Å²) in [7, 11) is 5.40. The van der Waals surface area contributed by atoms with Crippen LogP contribution >= 0.6 is 0 Å². The molecule has 182 valence electrons. The molecule has 0 unspecified atom stereocenters. The predicted octanol–water partition coefficient (Wildman–Crippen LogP) is -0.799. The number of aromatic nitrogens is 1. The smallest absolute Gasteiger partial charge is 0.341 e. The lowest BCUT2D eigenvalue weighted by Gasteiger charge is -2.30. The Morgan fingerprint density at radius 1 is 1.21 bits per heavy atom. The van der Waals surface area contributed by atoms with Gasteiger partial charge >= 0.3 is 5.97 Å². The molecule has 33 heavy (non-hydrogen) atoms. The molecular weight excluding hydrogens is 435 g/mol. The van der Waals surface area contributed by atoms with E-state index in [0.717, 1.165) is 25.9 Å². The molecule has 0 amide bonds. The summed E-state index contributed by atoms with van der Waals surface area (Å²) in [6.45, 7) is 3.03. The van der Waals surface area contributed by atoms with Gasteiger partial charge in [0.25, 0.3) is 0 Å². The molecule has 1 aliphatic carbocycles. The van der Waals surface area contributed by atoms with Gasteiger partial charge in [-0.1, -0.05) is 0 Å². The highest BCUT2D eigenvalue weighted by Crippen LogP contribution is 2.38. The van der Waals surface area contributed by atoms with Crippen molar-refractivity contribution in [3.63, 3.8) is 0 Å². The number of carbonyl (C=O) groups is 2. The van der Waals surface area contributed by atoms with Crippen molar-refractivity contribution in [3.8, 4) is 0 Å². The van der Waals surface area contributed by atoms with Gasteiger partial charge < -0.3 is 39.8 Å². The Morgan fingerprint density at radius 3 is 2.27 bits per heavy atom. The first-order valence-electron chi connectivity index (χ1n) is 10.6. The number of benzene rings is 1. The summed E-state index contributed by atoms with van der Waals surface area (Å²) in [6.07, 6.45) is 3.29. The Labute approximate surface area is 190 Å². The fraction of sp³-hybridized carbons (Fsp3) is 0.500. The second-order valence-corrected chi connectivity index (χ2v) is 9.19. The van der Waals surface area contributed by atoms with Crippen LogP contribution in [0.15, 0.2) is 23.1 Å². The van der Waals surface area contributed by atoms with E-state index in [1.54, 1.807) is 27.2 Å². The van der Waals surface area contributed by atoms with Crippen molar-refractivity contribution in [2.45, 2.75) is 18.9 Å². The molecule has 2 heterocycles. The number of hydrogen-bond acceptors (Lipinski definition) is 6. The Kier molecular flexibility index (Phi) is 8.17. The largest absolute Gasteiger partial charge is 0.544 e. The zero-order valence-electron chi connectivity index (χ0n) is 19.1. The molecule has 4 rings (SSSR count). The number of carbonyl (C=O) groups excluding carboxylic acids is 1. The van der Waals surface area contributed by atoms with E-state index in [9.17, 15) is 29.0 Å². The number of nitrogens with one attached hydrogen (secondary N) is 1. The Balaban J connectivity index is 0.000000372. The van der Waals surface area contributed by atoms with E-state index in [4.69, 9.17) is 0 Å². The monoisotopic (exact) mass is 466 g/mol. The fourth-order valence-electron chi connectivity index (χ4n) is 3.70. The van der Waals surface area contributed by atoms with Crippen LogP contribution in [0.1, 0.15) is 29.2 Å². The molecule has 2 aliphatic rings. The molecular formula is C22H31FN4O6. The number of aromatic carboxylic acids is 1. The van der Waals surface area contributed by atoms with E-state index < -0.39 is 23.2 Å². The van der Waals surface area contributed by atoms with Gasteiger partial charge in [-0.15, -0.1) is 0 Å². The van der Waals surface area contributed by atoms with Gasteiger partial charge in [0.15, 0.2) is 0 Å². The van der Waals surface area contributed by atoms with Crippen LogP contribution in [0.2, 0.25) is 0 Å². The van der Waals surface area contributed by atoms with Crippen molar-refractivity contribution in [1.29, 1.82) is 0 Å². The van der Waals surface area contributed by atoms with E-state index in [-0.39, 0.29) is 29.0 Å². The number of likely N-dealkylation sites (N-methyl/N-ethyl adjacent to an activating group) is 1. The molecule has 11 heteroatoms. The third kappa shape index (κ3) is 6.50. The average molecular weight is 467 g/mol. The number of halogens is 1. The maximum Gasteiger partial charge on any atom is 0.341 e. The number of piperazine rings is 1. The standard InChI is InChI=1S/C17H18FN3O3.C5H11NO2.H2O/c18-13-7-11-14(8-15(13)20-5-3-19-4-6-20)21(10-1-2-10)9-12(16(11)22)17(23)24;1-6(2,3)4-5(7)8;/h7-10,19H,1-6H2,(H,23,24);4H2,1-3H3;1H2. The summed E-state index contributed by atoms with van der Waals surface area (Å²) in [5, 5.41) is 22.5. The zero-order valence-corrected chi connectivity index (χ0v) is 19.1. The van der Waals surface area contributed by atoms with Crippen LogP contribution in [0.5, 0.6) is 0 Å². The van der Waals surface area contributed by atoms with Gasteiger partial charge in [0, 0.05) is 43.8 Å². The number of carboxylic acids is 2. The SMILES string of the molecule is C[N+](C)(C)CC(=O)[O-].O.O=C(O)c1cn(C2CC2)c2cc(N3CCNCC3)c(F)cc2c1=O. The van der Waals surface area contributed by atoms with Crippen LogP contribution in [0.4, 0.5) is 10.1 Å².